The molecular formula is C24H26N2O5. The smallest absolute Gasteiger partial charge is 0.407 e. The predicted octanol–water partition coefficient (Wildman–Crippen LogP) is 3.31. The van der Waals surface area contributed by atoms with Crippen LogP contribution in [0.15, 0.2) is 60.7 Å². The molecular weight excluding hydrogens is 396 g/mol. The zero-order valence-corrected chi connectivity index (χ0v) is 17.6. The summed E-state index contributed by atoms with van der Waals surface area (Å²) in [5.41, 5.74) is 3.68. The molecule has 0 saturated carbocycles. The van der Waals surface area contributed by atoms with Gasteiger partial charge in [-0.25, -0.2) is 9.59 Å². The topological polar surface area (TPSA) is 105 Å². The summed E-state index contributed by atoms with van der Waals surface area (Å²) in [4.78, 5) is 35.0. The van der Waals surface area contributed by atoms with Gasteiger partial charge in [-0.1, -0.05) is 54.6 Å². The molecule has 0 saturated heterocycles. The number of fused-ring (bicyclic) bond motifs is 3. The lowest BCUT2D eigenvalue weighted by atomic mass is 9.92. The van der Waals surface area contributed by atoms with Crippen LogP contribution in [0.1, 0.15) is 30.9 Å². The number of ether oxygens (including phenoxy) is 1. The molecule has 0 spiro atoms. The summed E-state index contributed by atoms with van der Waals surface area (Å²) in [6.45, 7) is 3.75. The highest BCUT2D eigenvalue weighted by atomic mass is 16.5. The van der Waals surface area contributed by atoms with Crippen molar-refractivity contribution in [1.82, 2.24) is 10.6 Å². The molecule has 0 aromatic heterocycles. The average molecular weight is 422 g/mol. The highest BCUT2D eigenvalue weighted by Crippen LogP contribution is 2.44. The third-order valence-electron chi connectivity index (χ3n) is 5.27. The fraction of sp³-hybridized carbons (Fsp3) is 0.292. The molecule has 31 heavy (non-hydrogen) atoms. The molecule has 3 rings (SSSR count). The van der Waals surface area contributed by atoms with Gasteiger partial charge in [0.05, 0.1) is 5.41 Å². The van der Waals surface area contributed by atoms with Gasteiger partial charge in [0, 0.05) is 25.1 Å². The van der Waals surface area contributed by atoms with E-state index >= 15 is 0 Å². The zero-order chi connectivity index (χ0) is 22.4. The summed E-state index contributed by atoms with van der Waals surface area (Å²) >= 11 is 0. The molecule has 2 aromatic carbocycles. The average Bonchev–Trinajstić information content (AvgIpc) is 3.07. The van der Waals surface area contributed by atoms with Crippen molar-refractivity contribution in [3.63, 3.8) is 0 Å². The van der Waals surface area contributed by atoms with Crippen LogP contribution in [0.3, 0.4) is 0 Å². The van der Waals surface area contributed by atoms with Crippen LogP contribution in [0.5, 0.6) is 0 Å². The van der Waals surface area contributed by atoms with Crippen molar-refractivity contribution < 1.29 is 24.2 Å². The molecule has 1 aliphatic rings. The van der Waals surface area contributed by atoms with Crippen LogP contribution in [-0.4, -0.2) is 42.8 Å². The molecule has 162 valence electrons. The number of nitrogens with one attached hydrogen (secondary N) is 2. The Morgan fingerprint density at radius 2 is 1.58 bits per heavy atom. The third-order valence-corrected chi connectivity index (χ3v) is 5.27. The minimum atomic E-state index is -1.08. The maximum Gasteiger partial charge on any atom is 0.407 e. The number of aliphatic carboxylic acids is 1. The van der Waals surface area contributed by atoms with Crippen LogP contribution in [0.2, 0.25) is 0 Å². The minimum Gasteiger partial charge on any atom is -0.478 e. The number of rotatable bonds is 8. The Kier molecular flexibility index (Phi) is 6.74. The number of carboxylic acid groups (broad SMARTS) is 1. The summed E-state index contributed by atoms with van der Waals surface area (Å²) < 4.78 is 5.48. The molecule has 2 aromatic rings. The first-order chi connectivity index (χ1) is 14.8. The zero-order valence-electron chi connectivity index (χ0n) is 17.6. The first-order valence-electron chi connectivity index (χ1n) is 10.1. The van der Waals surface area contributed by atoms with E-state index in [4.69, 9.17) is 9.84 Å². The van der Waals surface area contributed by atoms with E-state index in [0.29, 0.717) is 0 Å². The van der Waals surface area contributed by atoms with Crippen LogP contribution >= 0.6 is 0 Å². The third kappa shape index (κ3) is 5.31. The first-order valence-corrected chi connectivity index (χ1v) is 10.1. The van der Waals surface area contributed by atoms with Gasteiger partial charge >= 0.3 is 12.1 Å². The Hall–Kier alpha value is -3.61. The van der Waals surface area contributed by atoms with Gasteiger partial charge in [-0.05, 0) is 36.1 Å². The van der Waals surface area contributed by atoms with Gasteiger partial charge in [-0.3, -0.25) is 4.79 Å². The van der Waals surface area contributed by atoms with Crippen LogP contribution in [0.25, 0.3) is 11.1 Å². The van der Waals surface area contributed by atoms with Crippen molar-refractivity contribution in [1.29, 1.82) is 0 Å². The molecule has 0 atom stereocenters. The van der Waals surface area contributed by atoms with Crippen LogP contribution in [0, 0.1) is 5.41 Å². The number of hydrogen-bond donors (Lipinski definition) is 3. The van der Waals surface area contributed by atoms with Gasteiger partial charge < -0.3 is 20.5 Å². The van der Waals surface area contributed by atoms with E-state index in [-0.39, 0.29) is 31.5 Å². The summed E-state index contributed by atoms with van der Waals surface area (Å²) in [7, 11) is 0. The maximum atomic E-state index is 12.3. The van der Waals surface area contributed by atoms with E-state index in [2.05, 4.69) is 22.8 Å². The van der Waals surface area contributed by atoms with Gasteiger partial charge in [-0.15, -0.1) is 0 Å². The van der Waals surface area contributed by atoms with Crippen molar-refractivity contribution in [2.24, 2.45) is 5.41 Å². The molecule has 1 aliphatic carbocycles. The van der Waals surface area contributed by atoms with E-state index in [1.165, 1.54) is 6.08 Å². The van der Waals surface area contributed by atoms with Crippen molar-refractivity contribution in [3.05, 3.63) is 71.8 Å². The molecule has 0 fully saturated rings. The van der Waals surface area contributed by atoms with E-state index in [9.17, 15) is 14.4 Å². The van der Waals surface area contributed by atoms with Gasteiger partial charge in [0.1, 0.15) is 6.61 Å². The number of carboxylic acids is 1. The molecule has 3 N–H and O–H groups in total. The van der Waals surface area contributed by atoms with Crippen molar-refractivity contribution >= 4 is 18.0 Å². The Labute approximate surface area is 181 Å². The van der Waals surface area contributed by atoms with Gasteiger partial charge in [0.2, 0.25) is 5.91 Å². The van der Waals surface area contributed by atoms with Crippen molar-refractivity contribution in [3.8, 4) is 11.1 Å². The van der Waals surface area contributed by atoms with Crippen LogP contribution in [-0.2, 0) is 14.3 Å². The normalized spacial score (nSPS) is 12.8. The number of carbonyl (C=O) groups is 3. The number of amides is 2. The molecule has 7 heteroatoms. The fourth-order valence-corrected chi connectivity index (χ4v) is 3.57. The predicted molar refractivity (Wildman–Crippen MR) is 117 cm³/mol. The Bertz CT molecular complexity index is 967. The number of alkyl carbamates (subject to hydrolysis) is 1. The van der Waals surface area contributed by atoms with Crippen LogP contribution < -0.4 is 10.6 Å². The van der Waals surface area contributed by atoms with E-state index < -0.39 is 17.5 Å². The molecule has 0 unspecified atom stereocenters. The second-order valence-electron chi connectivity index (χ2n) is 8.01. The quantitative estimate of drug-likeness (QED) is 0.566. The minimum absolute atomic E-state index is 0.0320. The van der Waals surface area contributed by atoms with Gasteiger partial charge in [0.25, 0.3) is 0 Å². The number of carbonyl (C=O) groups excluding carboxylic acids is 2. The van der Waals surface area contributed by atoms with E-state index in [0.717, 1.165) is 28.3 Å². The van der Waals surface area contributed by atoms with E-state index in [1.54, 1.807) is 13.8 Å². The Morgan fingerprint density at radius 3 is 2.16 bits per heavy atom. The summed E-state index contributed by atoms with van der Waals surface area (Å²) in [6, 6.07) is 16.2. The second-order valence-corrected chi connectivity index (χ2v) is 8.01. The molecule has 0 radical (unpaired) electrons. The molecule has 7 nitrogen and oxygen atoms in total. The summed E-state index contributed by atoms with van der Waals surface area (Å²) in [5.74, 6) is -1.41. The Balaban J connectivity index is 1.52. The second kappa shape index (κ2) is 9.47. The number of benzene rings is 2. The largest absolute Gasteiger partial charge is 0.478 e. The van der Waals surface area contributed by atoms with E-state index in [1.807, 2.05) is 36.4 Å². The molecule has 2 amide bonds. The lowest BCUT2D eigenvalue weighted by Crippen LogP contribution is -2.45. The van der Waals surface area contributed by atoms with Crippen LogP contribution in [0.4, 0.5) is 4.79 Å². The van der Waals surface area contributed by atoms with Crippen molar-refractivity contribution in [2.45, 2.75) is 19.8 Å². The Morgan fingerprint density at radius 1 is 1.00 bits per heavy atom. The summed E-state index contributed by atoms with van der Waals surface area (Å²) in [6.07, 6.45) is 1.71. The highest BCUT2D eigenvalue weighted by Gasteiger charge is 2.30. The lowest BCUT2D eigenvalue weighted by Gasteiger charge is -2.23. The SMILES string of the molecule is CC(C)(CNC(=O)OCC1c2ccccc2-c2ccccc21)C(=O)NC/C=C/C(=O)O. The monoisotopic (exact) mass is 422 g/mol. The standard InChI is InChI=1S/C24H26N2O5/c1-24(2,22(29)25-13-7-12-21(27)28)15-26-23(30)31-14-20-18-10-5-3-8-16(18)17-9-4-6-11-19(17)20/h3-12,20H,13-15H2,1-2H3,(H,25,29)(H,26,30)(H,27,28)/b12-7+. The summed E-state index contributed by atoms with van der Waals surface area (Å²) in [5, 5.41) is 13.8. The molecule has 0 bridgehead atoms. The lowest BCUT2D eigenvalue weighted by molar-refractivity contribution is -0.131. The first kappa shape index (κ1) is 22.1. The fourth-order valence-electron chi connectivity index (χ4n) is 3.57. The molecule has 0 heterocycles. The van der Waals surface area contributed by atoms with Gasteiger partial charge in [0.15, 0.2) is 0 Å². The van der Waals surface area contributed by atoms with Crippen molar-refractivity contribution in [2.75, 3.05) is 19.7 Å². The highest BCUT2D eigenvalue weighted by molar-refractivity contribution is 5.83. The maximum absolute atomic E-state index is 12.3. The number of hydrogen-bond acceptors (Lipinski definition) is 4. The molecule has 0 aliphatic heterocycles. The van der Waals surface area contributed by atoms with Gasteiger partial charge in [-0.2, -0.15) is 0 Å².